The SMILES string of the molecule is O=[N+]([O-])c1cccc(-c2n[nH]c3ccc([N+](=O)[O-])cc23)c1. The molecule has 2 aromatic carbocycles. The Bertz CT molecular complexity index is 871. The van der Waals surface area contributed by atoms with Crippen molar-refractivity contribution < 1.29 is 9.85 Å². The van der Waals surface area contributed by atoms with Crippen LogP contribution in [-0.2, 0) is 0 Å². The van der Waals surface area contributed by atoms with Gasteiger partial charge in [0.05, 0.1) is 15.4 Å². The van der Waals surface area contributed by atoms with Gasteiger partial charge in [-0.3, -0.25) is 25.3 Å². The molecule has 0 aliphatic carbocycles. The molecule has 0 amide bonds. The predicted molar refractivity (Wildman–Crippen MR) is 74.8 cm³/mol. The van der Waals surface area contributed by atoms with Crippen LogP contribution in [0.5, 0.6) is 0 Å². The van der Waals surface area contributed by atoms with Crippen LogP contribution in [0.15, 0.2) is 42.5 Å². The molecule has 3 rings (SSSR count). The first kappa shape index (κ1) is 12.7. The van der Waals surface area contributed by atoms with Crippen molar-refractivity contribution in [2.24, 2.45) is 0 Å². The molecule has 8 nitrogen and oxygen atoms in total. The largest absolute Gasteiger partial charge is 0.277 e. The van der Waals surface area contributed by atoms with Crippen LogP contribution in [0.25, 0.3) is 22.2 Å². The second-order valence-corrected chi connectivity index (χ2v) is 4.37. The summed E-state index contributed by atoms with van der Waals surface area (Å²) in [6.45, 7) is 0. The summed E-state index contributed by atoms with van der Waals surface area (Å²) < 4.78 is 0. The summed E-state index contributed by atoms with van der Waals surface area (Å²) in [4.78, 5) is 20.7. The number of rotatable bonds is 3. The van der Waals surface area contributed by atoms with Crippen LogP contribution >= 0.6 is 0 Å². The first-order valence-electron chi connectivity index (χ1n) is 5.93. The summed E-state index contributed by atoms with van der Waals surface area (Å²) in [5, 5.41) is 29.1. The van der Waals surface area contributed by atoms with E-state index in [2.05, 4.69) is 10.2 Å². The van der Waals surface area contributed by atoms with Crippen LogP contribution in [0.4, 0.5) is 11.4 Å². The van der Waals surface area contributed by atoms with Gasteiger partial charge in [0.1, 0.15) is 5.69 Å². The number of aromatic nitrogens is 2. The molecule has 1 N–H and O–H groups in total. The van der Waals surface area contributed by atoms with Crippen molar-refractivity contribution in [2.45, 2.75) is 0 Å². The van der Waals surface area contributed by atoms with E-state index in [1.807, 2.05) is 0 Å². The molecule has 0 radical (unpaired) electrons. The van der Waals surface area contributed by atoms with E-state index in [0.717, 1.165) is 0 Å². The number of nitro benzene ring substituents is 2. The maximum atomic E-state index is 10.8. The standard InChI is InChI=1S/C13H8N4O4/c18-16(19)9-3-1-2-8(6-9)13-11-7-10(17(20)21)4-5-12(11)14-15-13/h1-7H,(H,14,15). The second-order valence-electron chi connectivity index (χ2n) is 4.37. The van der Waals surface area contributed by atoms with E-state index in [9.17, 15) is 20.2 Å². The maximum Gasteiger partial charge on any atom is 0.270 e. The lowest BCUT2D eigenvalue weighted by molar-refractivity contribution is -0.384. The number of hydrogen-bond acceptors (Lipinski definition) is 5. The van der Waals surface area contributed by atoms with Gasteiger partial charge in [0, 0.05) is 35.2 Å². The molecule has 8 heteroatoms. The first-order valence-corrected chi connectivity index (χ1v) is 5.93. The number of non-ortho nitro benzene ring substituents is 2. The highest BCUT2D eigenvalue weighted by Gasteiger charge is 2.15. The Balaban J connectivity index is 2.20. The molecule has 0 bridgehead atoms. The van der Waals surface area contributed by atoms with Crippen LogP contribution in [0, 0.1) is 20.2 Å². The van der Waals surface area contributed by atoms with E-state index in [0.29, 0.717) is 22.2 Å². The Morgan fingerprint density at radius 1 is 0.952 bits per heavy atom. The Labute approximate surface area is 117 Å². The highest BCUT2D eigenvalue weighted by molar-refractivity contribution is 5.94. The zero-order valence-electron chi connectivity index (χ0n) is 10.5. The van der Waals surface area contributed by atoms with Gasteiger partial charge in [0.15, 0.2) is 0 Å². The number of H-pyrrole nitrogens is 1. The minimum absolute atomic E-state index is 0.0596. The predicted octanol–water partition coefficient (Wildman–Crippen LogP) is 3.05. The third-order valence-corrected chi connectivity index (χ3v) is 3.09. The normalized spacial score (nSPS) is 10.7. The number of fused-ring (bicyclic) bond motifs is 1. The lowest BCUT2D eigenvalue weighted by Gasteiger charge is -1.98. The number of nitrogens with zero attached hydrogens (tertiary/aromatic N) is 3. The van der Waals surface area contributed by atoms with Crippen LogP contribution < -0.4 is 0 Å². The van der Waals surface area contributed by atoms with Crippen molar-refractivity contribution in [1.82, 2.24) is 10.2 Å². The highest BCUT2D eigenvalue weighted by Crippen LogP contribution is 2.30. The number of nitro groups is 2. The van der Waals surface area contributed by atoms with Crippen molar-refractivity contribution in [3.8, 4) is 11.3 Å². The maximum absolute atomic E-state index is 10.8. The summed E-state index contributed by atoms with van der Waals surface area (Å²) in [5.74, 6) is 0. The molecule has 0 fully saturated rings. The van der Waals surface area contributed by atoms with Crippen molar-refractivity contribution in [3.63, 3.8) is 0 Å². The number of nitrogens with one attached hydrogen (secondary N) is 1. The van der Waals surface area contributed by atoms with Gasteiger partial charge in [0.2, 0.25) is 0 Å². The fourth-order valence-corrected chi connectivity index (χ4v) is 2.10. The monoisotopic (exact) mass is 284 g/mol. The fourth-order valence-electron chi connectivity index (χ4n) is 2.10. The van der Waals surface area contributed by atoms with Crippen LogP contribution in [0.3, 0.4) is 0 Å². The van der Waals surface area contributed by atoms with Crippen molar-refractivity contribution >= 4 is 22.3 Å². The van der Waals surface area contributed by atoms with Crippen LogP contribution in [-0.4, -0.2) is 20.0 Å². The minimum Gasteiger partial charge on any atom is -0.277 e. The van der Waals surface area contributed by atoms with Crippen molar-refractivity contribution in [3.05, 3.63) is 62.7 Å². The number of hydrogen-bond donors (Lipinski definition) is 1. The molecule has 0 saturated heterocycles. The van der Waals surface area contributed by atoms with E-state index in [-0.39, 0.29) is 11.4 Å². The highest BCUT2D eigenvalue weighted by atomic mass is 16.6. The van der Waals surface area contributed by atoms with Crippen LogP contribution in [0.2, 0.25) is 0 Å². The summed E-state index contributed by atoms with van der Waals surface area (Å²) in [5.41, 5.74) is 1.47. The number of aromatic amines is 1. The summed E-state index contributed by atoms with van der Waals surface area (Å²) in [7, 11) is 0. The summed E-state index contributed by atoms with van der Waals surface area (Å²) in [6, 6.07) is 10.3. The molecule has 1 aromatic heterocycles. The molecule has 0 unspecified atom stereocenters. The summed E-state index contributed by atoms with van der Waals surface area (Å²) >= 11 is 0. The van der Waals surface area contributed by atoms with Gasteiger partial charge >= 0.3 is 0 Å². The molecule has 104 valence electrons. The summed E-state index contributed by atoms with van der Waals surface area (Å²) in [6.07, 6.45) is 0. The van der Waals surface area contributed by atoms with Gasteiger partial charge in [-0.15, -0.1) is 0 Å². The Morgan fingerprint density at radius 2 is 1.67 bits per heavy atom. The fraction of sp³-hybridized carbons (Fsp3) is 0. The molecule has 3 aromatic rings. The quantitative estimate of drug-likeness (QED) is 0.586. The average molecular weight is 284 g/mol. The van der Waals surface area contributed by atoms with E-state index < -0.39 is 9.85 Å². The van der Waals surface area contributed by atoms with Gasteiger partial charge in [-0.25, -0.2) is 0 Å². The molecular formula is C13H8N4O4. The molecule has 1 heterocycles. The zero-order valence-corrected chi connectivity index (χ0v) is 10.5. The Morgan fingerprint density at radius 3 is 2.38 bits per heavy atom. The van der Waals surface area contributed by atoms with E-state index in [4.69, 9.17) is 0 Å². The molecule has 0 atom stereocenters. The van der Waals surface area contributed by atoms with Gasteiger partial charge in [0.25, 0.3) is 11.4 Å². The van der Waals surface area contributed by atoms with Crippen molar-refractivity contribution in [1.29, 1.82) is 0 Å². The van der Waals surface area contributed by atoms with E-state index >= 15 is 0 Å². The Hall–Kier alpha value is -3.29. The van der Waals surface area contributed by atoms with E-state index in [1.165, 1.54) is 24.3 Å². The van der Waals surface area contributed by atoms with Gasteiger partial charge < -0.3 is 0 Å². The molecule has 21 heavy (non-hydrogen) atoms. The lowest BCUT2D eigenvalue weighted by Crippen LogP contribution is -1.89. The van der Waals surface area contributed by atoms with Crippen LogP contribution in [0.1, 0.15) is 0 Å². The lowest BCUT2D eigenvalue weighted by atomic mass is 10.1. The van der Waals surface area contributed by atoms with Gasteiger partial charge in [-0.1, -0.05) is 12.1 Å². The third kappa shape index (κ3) is 2.18. The van der Waals surface area contributed by atoms with E-state index in [1.54, 1.807) is 18.2 Å². The average Bonchev–Trinajstić information content (AvgIpc) is 2.90. The van der Waals surface area contributed by atoms with Gasteiger partial charge in [-0.2, -0.15) is 5.10 Å². The molecule has 0 aliphatic rings. The molecular weight excluding hydrogens is 276 g/mol. The molecule has 0 aliphatic heterocycles. The zero-order chi connectivity index (χ0) is 15.0. The molecule has 0 saturated carbocycles. The number of benzene rings is 2. The second kappa shape index (κ2) is 4.67. The topological polar surface area (TPSA) is 115 Å². The first-order chi connectivity index (χ1) is 10.1. The Kier molecular flexibility index (Phi) is 2.83. The van der Waals surface area contributed by atoms with Crippen molar-refractivity contribution in [2.75, 3.05) is 0 Å². The minimum atomic E-state index is -0.499. The molecule has 0 spiro atoms. The third-order valence-electron chi connectivity index (χ3n) is 3.09. The van der Waals surface area contributed by atoms with Gasteiger partial charge in [-0.05, 0) is 6.07 Å². The smallest absolute Gasteiger partial charge is 0.270 e.